The van der Waals surface area contributed by atoms with Gasteiger partial charge in [-0.25, -0.2) is 5.43 Å². The van der Waals surface area contributed by atoms with E-state index in [1.165, 1.54) is 0 Å². The Labute approximate surface area is 155 Å². The SMILES string of the molecule is COc1ccccc1-c1cc(C(=O)N/N=C(/C)c2ccc(Cl)cc2)[nH]n1. The lowest BCUT2D eigenvalue weighted by Gasteiger charge is -2.04. The first kappa shape index (κ1) is 17.7. The van der Waals surface area contributed by atoms with E-state index in [0.29, 0.717) is 27.9 Å². The predicted molar refractivity (Wildman–Crippen MR) is 102 cm³/mol. The van der Waals surface area contributed by atoms with Gasteiger partial charge in [0.2, 0.25) is 0 Å². The first-order valence-electron chi connectivity index (χ1n) is 7.88. The number of hydrogen-bond donors (Lipinski definition) is 2. The number of benzene rings is 2. The molecule has 0 saturated heterocycles. The first-order chi connectivity index (χ1) is 12.6. The molecule has 1 amide bonds. The van der Waals surface area contributed by atoms with Gasteiger partial charge in [0.15, 0.2) is 0 Å². The molecule has 0 spiro atoms. The molecule has 0 aliphatic rings. The van der Waals surface area contributed by atoms with Crippen LogP contribution in [0.25, 0.3) is 11.3 Å². The number of hydrogen-bond acceptors (Lipinski definition) is 4. The van der Waals surface area contributed by atoms with Crippen molar-refractivity contribution < 1.29 is 9.53 Å². The number of carbonyl (C=O) groups excluding carboxylic acids is 1. The molecule has 3 aromatic rings. The topological polar surface area (TPSA) is 79.4 Å². The van der Waals surface area contributed by atoms with Crippen molar-refractivity contribution in [1.82, 2.24) is 15.6 Å². The number of aromatic amines is 1. The molecule has 7 heteroatoms. The first-order valence-corrected chi connectivity index (χ1v) is 8.25. The molecule has 0 bridgehead atoms. The van der Waals surface area contributed by atoms with Gasteiger partial charge in [0.05, 0.1) is 18.5 Å². The van der Waals surface area contributed by atoms with Crippen LogP contribution < -0.4 is 10.2 Å². The van der Waals surface area contributed by atoms with Crippen molar-refractivity contribution in [2.75, 3.05) is 7.11 Å². The quantitative estimate of drug-likeness (QED) is 0.529. The molecule has 1 aromatic heterocycles. The summed E-state index contributed by atoms with van der Waals surface area (Å²) in [5.74, 6) is 0.300. The van der Waals surface area contributed by atoms with E-state index in [1.54, 1.807) is 32.2 Å². The molecule has 0 fully saturated rings. The molecule has 0 aliphatic heterocycles. The zero-order valence-corrected chi connectivity index (χ0v) is 15.0. The number of H-pyrrole nitrogens is 1. The fourth-order valence-electron chi connectivity index (χ4n) is 2.38. The van der Waals surface area contributed by atoms with Crippen LogP contribution in [-0.2, 0) is 0 Å². The zero-order valence-electron chi connectivity index (χ0n) is 14.3. The molecule has 6 nitrogen and oxygen atoms in total. The molecule has 26 heavy (non-hydrogen) atoms. The monoisotopic (exact) mass is 368 g/mol. The third-order valence-corrected chi connectivity index (χ3v) is 4.04. The van der Waals surface area contributed by atoms with E-state index >= 15 is 0 Å². The van der Waals surface area contributed by atoms with Crippen molar-refractivity contribution in [1.29, 1.82) is 0 Å². The van der Waals surface area contributed by atoms with Gasteiger partial charge in [-0.1, -0.05) is 35.9 Å². The van der Waals surface area contributed by atoms with Gasteiger partial charge in [-0.05, 0) is 42.8 Å². The van der Waals surface area contributed by atoms with Gasteiger partial charge in [-0.15, -0.1) is 0 Å². The molecule has 2 aromatic carbocycles. The molecule has 1 heterocycles. The Kier molecular flexibility index (Phi) is 5.34. The highest BCUT2D eigenvalue weighted by Crippen LogP contribution is 2.28. The Balaban J connectivity index is 1.74. The van der Waals surface area contributed by atoms with Crippen LogP contribution in [0.3, 0.4) is 0 Å². The Morgan fingerprint density at radius 3 is 2.65 bits per heavy atom. The number of halogens is 1. The van der Waals surface area contributed by atoms with Crippen molar-refractivity contribution in [2.24, 2.45) is 5.10 Å². The summed E-state index contributed by atoms with van der Waals surface area (Å²) >= 11 is 5.87. The number of nitrogens with zero attached hydrogens (tertiary/aromatic N) is 2. The predicted octanol–water partition coefficient (Wildman–Crippen LogP) is 3.89. The lowest BCUT2D eigenvalue weighted by Crippen LogP contribution is -2.19. The summed E-state index contributed by atoms with van der Waals surface area (Å²) in [4.78, 5) is 12.3. The molecular formula is C19H17ClN4O2. The van der Waals surface area contributed by atoms with Gasteiger partial charge in [0.25, 0.3) is 5.91 Å². The molecular weight excluding hydrogens is 352 g/mol. The lowest BCUT2D eigenvalue weighted by atomic mass is 10.1. The van der Waals surface area contributed by atoms with Crippen LogP contribution in [0.5, 0.6) is 5.75 Å². The van der Waals surface area contributed by atoms with Gasteiger partial charge >= 0.3 is 0 Å². The normalized spacial score (nSPS) is 11.3. The van der Waals surface area contributed by atoms with Gasteiger partial charge < -0.3 is 4.74 Å². The van der Waals surface area contributed by atoms with Gasteiger partial charge in [-0.2, -0.15) is 10.2 Å². The maximum Gasteiger partial charge on any atom is 0.289 e. The summed E-state index contributed by atoms with van der Waals surface area (Å²) in [6.45, 7) is 1.80. The van der Waals surface area contributed by atoms with Crippen LogP contribution in [0, 0.1) is 0 Å². The standard InChI is InChI=1S/C19H17ClN4O2/c1-12(13-7-9-14(20)10-8-13)21-24-19(25)17-11-16(22-23-17)15-5-3-4-6-18(15)26-2/h3-11H,1-2H3,(H,22,23)(H,24,25)/b21-12-. The Hall–Kier alpha value is -3.12. The summed E-state index contributed by atoms with van der Waals surface area (Å²) in [7, 11) is 1.59. The van der Waals surface area contributed by atoms with Crippen LogP contribution in [0.2, 0.25) is 5.02 Å². The van der Waals surface area contributed by atoms with Crippen molar-refractivity contribution >= 4 is 23.2 Å². The molecule has 0 saturated carbocycles. The summed E-state index contributed by atoms with van der Waals surface area (Å²) in [6, 6.07) is 16.3. The van der Waals surface area contributed by atoms with Crippen molar-refractivity contribution in [3.05, 3.63) is 70.9 Å². The minimum atomic E-state index is -0.382. The van der Waals surface area contributed by atoms with Gasteiger partial charge in [0.1, 0.15) is 11.4 Å². The average molecular weight is 369 g/mol. The van der Waals surface area contributed by atoms with E-state index in [-0.39, 0.29) is 5.91 Å². The highest BCUT2D eigenvalue weighted by molar-refractivity contribution is 6.30. The van der Waals surface area contributed by atoms with Crippen LogP contribution in [0.1, 0.15) is 23.0 Å². The highest BCUT2D eigenvalue weighted by Gasteiger charge is 2.13. The maximum atomic E-state index is 12.3. The molecule has 0 aliphatic carbocycles. The minimum absolute atomic E-state index is 0.304. The largest absolute Gasteiger partial charge is 0.496 e. The third-order valence-electron chi connectivity index (χ3n) is 3.79. The highest BCUT2D eigenvalue weighted by atomic mass is 35.5. The average Bonchev–Trinajstić information content (AvgIpc) is 3.16. The van der Waals surface area contributed by atoms with Crippen molar-refractivity contribution in [3.8, 4) is 17.0 Å². The summed E-state index contributed by atoms with van der Waals surface area (Å²) in [5.41, 5.74) is 5.77. The number of aromatic nitrogens is 2. The summed E-state index contributed by atoms with van der Waals surface area (Å²) in [5, 5.41) is 11.7. The van der Waals surface area contributed by atoms with E-state index in [0.717, 1.165) is 11.1 Å². The third kappa shape index (κ3) is 3.92. The number of methoxy groups -OCH3 is 1. The Morgan fingerprint density at radius 2 is 1.92 bits per heavy atom. The van der Waals surface area contributed by atoms with E-state index in [1.807, 2.05) is 36.4 Å². The fourth-order valence-corrected chi connectivity index (χ4v) is 2.51. The molecule has 0 atom stereocenters. The lowest BCUT2D eigenvalue weighted by molar-refractivity contribution is 0.0950. The molecule has 132 valence electrons. The fraction of sp³-hybridized carbons (Fsp3) is 0.105. The van der Waals surface area contributed by atoms with Crippen LogP contribution in [-0.4, -0.2) is 28.9 Å². The van der Waals surface area contributed by atoms with Crippen LogP contribution in [0.4, 0.5) is 0 Å². The van der Waals surface area contributed by atoms with Gasteiger partial charge in [0, 0.05) is 10.6 Å². The molecule has 2 N–H and O–H groups in total. The van der Waals surface area contributed by atoms with Gasteiger partial charge in [-0.3, -0.25) is 9.89 Å². The van der Waals surface area contributed by atoms with E-state index in [4.69, 9.17) is 16.3 Å². The van der Waals surface area contributed by atoms with E-state index < -0.39 is 0 Å². The number of carbonyl (C=O) groups is 1. The Bertz CT molecular complexity index is 948. The van der Waals surface area contributed by atoms with E-state index in [2.05, 4.69) is 20.7 Å². The van der Waals surface area contributed by atoms with Crippen molar-refractivity contribution in [2.45, 2.75) is 6.92 Å². The van der Waals surface area contributed by atoms with Crippen LogP contribution >= 0.6 is 11.6 Å². The number of rotatable bonds is 5. The molecule has 0 unspecified atom stereocenters. The summed E-state index contributed by atoms with van der Waals surface area (Å²) in [6.07, 6.45) is 0. The zero-order chi connectivity index (χ0) is 18.5. The number of hydrazone groups is 1. The smallest absolute Gasteiger partial charge is 0.289 e. The number of ether oxygens (including phenoxy) is 1. The molecule has 0 radical (unpaired) electrons. The second-order valence-electron chi connectivity index (χ2n) is 5.51. The summed E-state index contributed by atoms with van der Waals surface area (Å²) < 4.78 is 5.32. The number of nitrogens with one attached hydrogen (secondary N) is 2. The number of para-hydroxylation sites is 1. The Morgan fingerprint density at radius 1 is 1.19 bits per heavy atom. The second kappa shape index (κ2) is 7.84. The maximum absolute atomic E-state index is 12.3. The number of amides is 1. The van der Waals surface area contributed by atoms with Crippen molar-refractivity contribution in [3.63, 3.8) is 0 Å². The van der Waals surface area contributed by atoms with E-state index in [9.17, 15) is 4.79 Å². The van der Waals surface area contributed by atoms with Crippen LogP contribution in [0.15, 0.2) is 59.7 Å². The molecule has 3 rings (SSSR count). The minimum Gasteiger partial charge on any atom is -0.496 e. The second-order valence-corrected chi connectivity index (χ2v) is 5.95.